The number of rotatable bonds is 8. The van der Waals surface area contributed by atoms with Gasteiger partial charge in [-0.1, -0.05) is 62.4 Å². The average Bonchev–Trinajstić information content (AvgIpc) is 2.95. The number of benzene rings is 1. The Morgan fingerprint density at radius 2 is 1.90 bits per heavy atom. The van der Waals surface area contributed by atoms with Crippen molar-refractivity contribution in [2.24, 2.45) is 5.92 Å². The Labute approximate surface area is 131 Å². The highest BCUT2D eigenvalue weighted by Gasteiger charge is 2.18. The van der Waals surface area contributed by atoms with Crippen LogP contribution in [0.4, 0.5) is 0 Å². The second kappa shape index (κ2) is 8.25. The topological polar surface area (TPSA) is 37.8 Å². The molecule has 1 atom stereocenters. The van der Waals surface area contributed by atoms with Crippen molar-refractivity contribution in [3.05, 3.63) is 45.9 Å². The molecule has 0 aliphatic carbocycles. The molecule has 3 nitrogen and oxygen atoms in total. The van der Waals surface area contributed by atoms with Crippen LogP contribution in [0.2, 0.25) is 0 Å². The van der Waals surface area contributed by atoms with Crippen molar-refractivity contribution in [2.75, 3.05) is 6.54 Å². The van der Waals surface area contributed by atoms with Crippen molar-refractivity contribution < 1.29 is 0 Å². The fourth-order valence-corrected chi connectivity index (χ4v) is 3.14. The van der Waals surface area contributed by atoms with Gasteiger partial charge in [0.25, 0.3) is 0 Å². The lowest BCUT2D eigenvalue weighted by molar-refractivity contribution is 0.580. The SMILES string of the molecule is CCCNC(c1ccccc1)c1nnc(CCC(C)C)s1. The maximum absolute atomic E-state index is 4.43. The van der Waals surface area contributed by atoms with E-state index in [0.717, 1.165) is 29.4 Å². The predicted molar refractivity (Wildman–Crippen MR) is 89.6 cm³/mol. The summed E-state index contributed by atoms with van der Waals surface area (Å²) in [4.78, 5) is 0. The highest BCUT2D eigenvalue weighted by atomic mass is 32.1. The lowest BCUT2D eigenvalue weighted by Gasteiger charge is -2.15. The number of aryl methyl sites for hydroxylation is 1. The van der Waals surface area contributed by atoms with E-state index >= 15 is 0 Å². The van der Waals surface area contributed by atoms with Crippen LogP contribution in [0, 0.1) is 5.92 Å². The highest BCUT2D eigenvalue weighted by molar-refractivity contribution is 7.11. The van der Waals surface area contributed by atoms with E-state index in [9.17, 15) is 0 Å². The second-order valence-electron chi connectivity index (χ2n) is 5.76. The van der Waals surface area contributed by atoms with Crippen LogP contribution in [0.1, 0.15) is 55.2 Å². The molecule has 1 aromatic carbocycles. The maximum atomic E-state index is 4.43. The summed E-state index contributed by atoms with van der Waals surface area (Å²) >= 11 is 1.74. The van der Waals surface area contributed by atoms with Crippen LogP contribution in [0.5, 0.6) is 0 Å². The zero-order chi connectivity index (χ0) is 15.1. The minimum atomic E-state index is 0.163. The number of hydrogen-bond acceptors (Lipinski definition) is 4. The van der Waals surface area contributed by atoms with E-state index in [-0.39, 0.29) is 6.04 Å². The van der Waals surface area contributed by atoms with Crippen molar-refractivity contribution in [1.82, 2.24) is 15.5 Å². The monoisotopic (exact) mass is 303 g/mol. The van der Waals surface area contributed by atoms with Gasteiger partial charge in [-0.25, -0.2) is 0 Å². The minimum absolute atomic E-state index is 0.163. The molecule has 0 saturated heterocycles. The summed E-state index contributed by atoms with van der Waals surface area (Å²) in [5, 5.41) is 14.6. The van der Waals surface area contributed by atoms with Crippen LogP contribution in [0.3, 0.4) is 0 Å². The first kappa shape index (κ1) is 16.1. The first-order chi connectivity index (χ1) is 10.2. The molecular formula is C17H25N3S. The van der Waals surface area contributed by atoms with Crippen LogP contribution >= 0.6 is 11.3 Å². The number of hydrogen-bond donors (Lipinski definition) is 1. The Kier molecular flexibility index (Phi) is 6.33. The number of aromatic nitrogens is 2. The molecule has 1 N–H and O–H groups in total. The maximum Gasteiger partial charge on any atom is 0.139 e. The molecule has 21 heavy (non-hydrogen) atoms. The Bertz CT molecular complexity index is 522. The second-order valence-corrected chi connectivity index (χ2v) is 6.86. The quantitative estimate of drug-likeness (QED) is 0.793. The normalized spacial score (nSPS) is 12.8. The van der Waals surface area contributed by atoms with Gasteiger partial charge in [0, 0.05) is 6.42 Å². The molecule has 0 fully saturated rings. The summed E-state index contributed by atoms with van der Waals surface area (Å²) in [7, 11) is 0. The molecule has 0 bridgehead atoms. The zero-order valence-electron chi connectivity index (χ0n) is 13.2. The van der Waals surface area contributed by atoms with Gasteiger partial charge in [-0.3, -0.25) is 0 Å². The Morgan fingerprint density at radius 1 is 1.14 bits per heavy atom. The highest BCUT2D eigenvalue weighted by Crippen LogP contribution is 2.25. The summed E-state index contributed by atoms with van der Waals surface area (Å²) in [6, 6.07) is 10.7. The molecule has 1 aromatic heterocycles. The molecule has 0 spiro atoms. The van der Waals surface area contributed by atoms with Gasteiger partial charge in [-0.15, -0.1) is 10.2 Å². The third kappa shape index (κ3) is 4.90. The van der Waals surface area contributed by atoms with E-state index in [2.05, 4.69) is 66.6 Å². The van der Waals surface area contributed by atoms with Crippen LogP contribution in [0.15, 0.2) is 30.3 Å². The summed E-state index contributed by atoms with van der Waals surface area (Å²) in [5.74, 6) is 0.709. The smallest absolute Gasteiger partial charge is 0.139 e. The van der Waals surface area contributed by atoms with Gasteiger partial charge in [0.15, 0.2) is 0 Å². The number of nitrogens with one attached hydrogen (secondary N) is 1. The van der Waals surface area contributed by atoms with Crippen molar-refractivity contribution >= 4 is 11.3 Å². The molecule has 0 saturated carbocycles. The van der Waals surface area contributed by atoms with E-state index in [4.69, 9.17) is 0 Å². The fourth-order valence-electron chi connectivity index (χ4n) is 2.18. The molecule has 0 radical (unpaired) electrons. The first-order valence-corrected chi connectivity index (χ1v) is 8.63. The summed E-state index contributed by atoms with van der Waals surface area (Å²) < 4.78 is 0. The molecule has 2 rings (SSSR count). The van der Waals surface area contributed by atoms with Gasteiger partial charge in [0.1, 0.15) is 10.0 Å². The van der Waals surface area contributed by atoms with E-state index in [0.29, 0.717) is 5.92 Å². The van der Waals surface area contributed by atoms with E-state index in [1.165, 1.54) is 12.0 Å². The fraction of sp³-hybridized carbons (Fsp3) is 0.529. The molecule has 2 aromatic rings. The van der Waals surface area contributed by atoms with Crippen LogP contribution in [-0.4, -0.2) is 16.7 Å². The molecule has 1 heterocycles. The Morgan fingerprint density at radius 3 is 2.57 bits per heavy atom. The predicted octanol–water partition coefficient (Wildman–Crippen LogP) is 4.22. The third-order valence-corrected chi connectivity index (χ3v) is 4.44. The average molecular weight is 303 g/mol. The van der Waals surface area contributed by atoms with E-state index < -0.39 is 0 Å². The van der Waals surface area contributed by atoms with Crippen molar-refractivity contribution in [3.63, 3.8) is 0 Å². The largest absolute Gasteiger partial charge is 0.304 e. The number of nitrogens with zero attached hydrogens (tertiary/aromatic N) is 2. The Balaban J connectivity index is 2.13. The summed E-state index contributed by atoms with van der Waals surface area (Å²) in [6.07, 6.45) is 3.32. The molecule has 1 unspecified atom stereocenters. The van der Waals surface area contributed by atoms with Crippen LogP contribution < -0.4 is 5.32 Å². The first-order valence-electron chi connectivity index (χ1n) is 7.81. The van der Waals surface area contributed by atoms with Gasteiger partial charge in [0.2, 0.25) is 0 Å². The molecule has 0 aliphatic rings. The van der Waals surface area contributed by atoms with Gasteiger partial charge >= 0.3 is 0 Å². The van der Waals surface area contributed by atoms with Crippen molar-refractivity contribution in [1.29, 1.82) is 0 Å². The van der Waals surface area contributed by atoms with Gasteiger partial charge in [0.05, 0.1) is 6.04 Å². The molecule has 4 heteroatoms. The summed E-state index contributed by atoms with van der Waals surface area (Å²) in [6.45, 7) is 7.67. The van der Waals surface area contributed by atoms with Crippen molar-refractivity contribution in [3.8, 4) is 0 Å². The molecule has 0 aliphatic heterocycles. The van der Waals surface area contributed by atoms with Gasteiger partial charge < -0.3 is 5.32 Å². The summed E-state index contributed by atoms with van der Waals surface area (Å²) in [5.41, 5.74) is 1.26. The third-order valence-electron chi connectivity index (χ3n) is 3.40. The standard InChI is InChI=1S/C17H25N3S/c1-4-12-18-16(14-8-6-5-7-9-14)17-20-19-15(21-17)11-10-13(2)3/h5-9,13,16,18H,4,10-12H2,1-3H3. The zero-order valence-corrected chi connectivity index (χ0v) is 14.0. The molecule has 114 valence electrons. The lowest BCUT2D eigenvalue weighted by Crippen LogP contribution is -2.23. The van der Waals surface area contributed by atoms with Gasteiger partial charge in [-0.2, -0.15) is 0 Å². The van der Waals surface area contributed by atoms with E-state index in [1.807, 2.05) is 0 Å². The van der Waals surface area contributed by atoms with Crippen LogP contribution in [0.25, 0.3) is 0 Å². The molecule has 0 amide bonds. The Hall–Kier alpha value is -1.26. The van der Waals surface area contributed by atoms with Gasteiger partial charge in [-0.05, 0) is 30.9 Å². The lowest BCUT2D eigenvalue weighted by atomic mass is 10.1. The van der Waals surface area contributed by atoms with Crippen LogP contribution in [-0.2, 0) is 6.42 Å². The molecular weight excluding hydrogens is 278 g/mol. The van der Waals surface area contributed by atoms with E-state index in [1.54, 1.807) is 11.3 Å². The minimum Gasteiger partial charge on any atom is -0.304 e. The van der Waals surface area contributed by atoms with Crippen molar-refractivity contribution in [2.45, 2.75) is 46.1 Å².